The van der Waals surface area contributed by atoms with E-state index in [0.717, 1.165) is 0 Å². The molecule has 95 valence electrons. The van der Waals surface area contributed by atoms with E-state index in [0.29, 0.717) is 0 Å². The average Bonchev–Trinajstić information content (AvgIpc) is 2.87. The fourth-order valence-electron chi connectivity index (χ4n) is 2.44. The molecule has 0 heterocycles. The highest BCUT2D eigenvalue weighted by Crippen LogP contribution is 2.29. The van der Waals surface area contributed by atoms with Crippen LogP contribution < -0.4 is 5.19 Å². The van der Waals surface area contributed by atoms with E-state index in [9.17, 15) is 0 Å². The maximum absolute atomic E-state index is 2.45. The lowest BCUT2D eigenvalue weighted by Crippen LogP contribution is -2.46. The molecule has 1 aliphatic rings. The van der Waals surface area contributed by atoms with Gasteiger partial charge in [-0.1, -0.05) is 85.8 Å². The van der Waals surface area contributed by atoms with E-state index >= 15 is 0 Å². The molecule has 0 aromatic heterocycles. The third-order valence-electron chi connectivity index (χ3n) is 3.85. The summed E-state index contributed by atoms with van der Waals surface area (Å²) in [6, 6.07) is 11.0. The van der Waals surface area contributed by atoms with Crippen molar-refractivity contribution in [2.45, 2.75) is 39.3 Å². The van der Waals surface area contributed by atoms with Gasteiger partial charge < -0.3 is 0 Å². The molecule has 0 nitrogen and oxygen atoms in total. The third-order valence-corrected chi connectivity index (χ3v) is 7.39. The molecule has 0 bridgehead atoms. The molecule has 1 radical (unpaired) electrons. The molecule has 18 heavy (non-hydrogen) atoms. The molecule has 0 atom stereocenters. The average molecular weight is 255 g/mol. The molecule has 0 fully saturated rings. The summed E-state index contributed by atoms with van der Waals surface area (Å²) in [5.41, 5.74) is 3.09. The van der Waals surface area contributed by atoms with Crippen molar-refractivity contribution in [2.75, 3.05) is 0 Å². The van der Waals surface area contributed by atoms with E-state index in [1.165, 1.54) is 30.0 Å². The van der Waals surface area contributed by atoms with Crippen LogP contribution in [0.25, 0.3) is 0 Å². The van der Waals surface area contributed by atoms with E-state index in [1.807, 2.05) is 0 Å². The zero-order valence-corrected chi connectivity index (χ0v) is 12.7. The van der Waals surface area contributed by atoms with Crippen LogP contribution in [-0.2, 0) is 0 Å². The predicted octanol–water partition coefficient (Wildman–Crippen LogP) is 4.40. The smallest absolute Gasteiger partial charge is 0.0757 e. The molecule has 0 amide bonds. The van der Waals surface area contributed by atoms with Gasteiger partial charge >= 0.3 is 0 Å². The van der Waals surface area contributed by atoms with Crippen LogP contribution in [0, 0.1) is 5.54 Å². The third kappa shape index (κ3) is 2.84. The van der Waals surface area contributed by atoms with Crippen molar-refractivity contribution in [3.63, 3.8) is 0 Å². The first-order chi connectivity index (χ1) is 8.64. The van der Waals surface area contributed by atoms with Crippen LogP contribution in [0.5, 0.6) is 0 Å². The Hall–Kier alpha value is -1.08. The largest absolute Gasteiger partial charge is 0.0958 e. The van der Waals surface area contributed by atoms with Crippen molar-refractivity contribution in [1.29, 1.82) is 0 Å². The second kappa shape index (κ2) is 5.70. The molecule has 2 rings (SSSR count). The summed E-state index contributed by atoms with van der Waals surface area (Å²) in [4.78, 5) is 0. The first kappa shape index (κ1) is 13.4. The lowest BCUT2D eigenvalue weighted by Gasteiger charge is -2.27. The van der Waals surface area contributed by atoms with Gasteiger partial charge in [0.15, 0.2) is 0 Å². The number of rotatable bonds is 5. The van der Waals surface area contributed by atoms with Crippen LogP contribution in [0.15, 0.2) is 54.1 Å². The second-order valence-corrected chi connectivity index (χ2v) is 10.0. The molecule has 0 saturated carbocycles. The number of hydrogen-bond donors (Lipinski definition) is 0. The van der Waals surface area contributed by atoms with Gasteiger partial charge in [0, 0.05) is 5.54 Å². The summed E-state index contributed by atoms with van der Waals surface area (Å²) < 4.78 is 0. The predicted molar refractivity (Wildman–Crippen MR) is 83.5 cm³/mol. The molecule has 0 N–H and O–H groups in total. The minimum Gasteiger partial charge on any atom is -0.0757 e. The minimum absolute atomic E-state index is 1.23. The Labute approximate surface area is 112 Å². The van der Waals surface area contributed by atoms with Crippen LogP contribution in [0.2, 0.25) is 13.1 Å². The Kier molecular flexibility index (Phi) is 4.23. The standard InChI is InChI=1S/C17H23Si/c1-4-5-9-15-12-13-17(14-15)18(2,3)16-10-7-6-8-11-16/h6-8,10-14H,4-5,9H2,1-3H3. The van der Waals surface area contributed by atoms with E-state index in [4.69, 9.17) is 0 Å². The minimum atomic E-state index is -1.47. The van der Waals surface area contributed by atoms with Gasteiger partial charge in [0.05, 0.1) is 8.07 Å². The van der Waals surface area contributed by atoms with E-state index in [-0.39, 0.29) is 0 Å². The van der Waals surface area contributed by atoms with Crippen molar-refractivity contribution in [1.82, 2.24) is 0 Å². The lowest BCUT2D eigenvalue weighted by molar-refractivity contribution is 0.799. The van der Waals surface area contributed by atoms with Gasteiger partial charge in [-0.25, -0.2) is 0 Å². The summed E-state index contributed by atoms with van der Waals surface area (Å²) in [5.74, 6) is 0. The Morgan fingerprint density at radius 1 is 1.00 bits per heavy atom. The first-order valence-electron chi connectivity index (χ1n) is 6.96. The van der Waals surface area contributed by atoms with Crippen molar-refractivity contribution in [3.8, 4) is 0 Å². The SMILES string of the molecule is CCCCC1=C[C]([Si](C)(C)c2ccccc2)C=C1. The van der Waals surface area contributed by atoms with Gasteiger partial charge in [-0.3, -0.25) is 0 Å². The molecule has 0 unspecified atom stereocenters. The van der Waals surface area contributed by atoms with Crippen molar-refractivity contribution in [2.24, 2.45) is 0 Å². The number of unbranched alkanes of at least 4 members (excludes halogenated alkanes) is 1. The Balaban J connectivity index is 2.13. The Morgan fingerprint density at radius 2 is 1.72 bits per heavy atom. The van der Waals surface area contributed by atoms with Gasteiger partial charge in [-0.05, 0) is 12.8 Å². The van der Waals surface area contributed by atoms with Gasteiger partial charge in [-0.2, -0.15) is 0 Å². The van der Waals surface area contributed by atoms with Crippen LogP contribution in [0.4, 0.5) is 0 Å². The molecule has 0 aliphatic heterocycles. The van der Waals surface area contributed by atoms with Crippen LogP contribution >= 0.6 is 0 Å². The van der Waals surface area contributed by atoms with Crippen molar-refractivity contribution < 1.29 is 0 Å². The highest BCUT2D eigenvalue weighted by molar-refractivity contribution is 6.95. The van der Waals surface area contributed by atoms with Crippen LogP contribution in [-0.4, -0.2) is 8.07 Å². The highest BCUT2D eigenvalue weighted by atomic mass is 28.3. The number of allylic oxidation sites excluding steroid dienone is 4. The summed E-state index contributed by atoms with van der Waals surface area (Å²) in [7, 11) is -1.47. The fraction of sp³-hybridized carbons (Fsp3) is 0.353. The van der Waals surface area contributed by atoms with E-state index < -0.39 is 8.07 Å². The normalized spacial score (nSPS) is 16.1. The number of hydrogen-bond acceptors (Lipinski definition) is 0. The van der Waals surface area contributed by atoms with Crippen LogP contribution in [0.3, 0.4) is 0 Å². The Morgan fingerprint density at radius 3 is 2.39 bits per heavy atom. The topological polar surface area (TPSA) is 0 Å². The fourth-order valence-corrected chi connectivity index (χ4v) is 4.84. The zero-order valence-electron chi connectivity index (χ0n) is 11.7. The molecule has 1 aromatic carbocycles. The molecular formula is C17H23Si. The monoisotopic (exact) mass is 255 g/mol. The quantitative estimate of drug-likeness (QED) is 0.684. The highest BCUT2D eigenvalue weighted by Gasteiger charge is 2.32. The second-order valence-electron chi connectivity index (χ2n) is 5.60. The van der Waals surface area contributed by atoms with Crippen molar-refractivity contribution >= 4 is 13.3 Å². The molecule has 1 aromatic rings. The van der Waals surface area contributed by atoms with Gasteiger partial charge in [0.25, 0.3) is 0 Å². The first-order valence-corrected chi connectivity index (χ1v) is 9.96. The number of benzene rings is 1. The molecule has 0 saturated heterocycles. The summed E-state index contributed by atoms with van der Waals surface area (Å²) in [5, 5.41) is 1.53. The van der Waals surface area contributed by atoms with E-state index in [2.05, 4.69) is 68.6 Å². The molecule has 1 heteroatoms. The van der Waals surface area contributed by atoms with Crippen molar-refractivity contribution in [3.05, 3.63) is 59.7 Å². The molecule has 1 aliphatic carbocycles. The molecular weight excluding hydrogens is 232 g/mol. The Bertz CT molecular complexity index is 440. The lowest BCUT2D eigenvalue weighted by atomic mass is 10.1. The maximum Gasteiger partial charge on any atom is 0.0958 e. The van der Waals surface area contributed by atoms with Gasteiger partial charge in [-0.15, -0.1) is 0 Å². The van der Waals surface area contributed by atoms with Gasteiger partial charge in [0.2, 0.25) is 0 Å². The molecule has 0 spiro atoms. The summed E-state index contributed by atoms with van der Waals surface area (Å²) >= 11 is 0. The van der Waals surface area contributed by atoms with Crippen LogP contribution in [0.1, 0.15) is 26.2 Å². The van der Waals surface area contributed by atoms with Gasteiger partial charge in [0.1, 0.15) is 0 Å². The maximum atomic E-state index is 2.45. The van der Waals surface area contributed by atoms with E-state index in [1.54, 1.807) is 5.54 Å². The summed E-state index contributed by atoms with van der Waals surface area (Å²) in [6.45, 7) is 7.15. The zero-order chi connectivity index (χ0) is 13.0. The summed E-state index contributed by atoms with van der Waals surface area (Å²) in [6.07, 6.45) is 10.9.